The number of ether oxygens (including phenoxy) is 1. The van der Waals surface area contributed by atoms with Crippen LogP contribution >= 0.6 is 0 Å². The van der Waals surface area contributed by atoms with E-state index in [1.807, 2.05) is 0 Å². The summed E-state index contributed by atoms with van der Waals surface area (Å²) in [5.41, 5.74) is 0.507. The molecule has 2 atom stereocenters. The molecule has 0 aliphatic carbocycles. The summed E-state index contributed by atoms with van der Waals surface area (Å²) in [7, 11) is 0. The number of aromatic hydroxyl groups is 1. The van der Waals surface area contributed by atoms with Crippen molar-refractivity contribution < 1.29 is 14.6 Å². The van der Waals surface area contributed by atoms with Crippen LogP contribution in [0.15, 0.2) is 24.3 Å². The molecule has 0 spiro atoms. The summed E-state index contributed by atoms with van der Waals surface area (Å²) < 4.78 is 5.81. The monoisotopic (exact) mass is 376 g/mol. The second kappa shape index (κ2) is 12.0. The molecule has 0 aliphatic rings. The van der Waals surface area contributed by atoms with Gasteiger partial charge < -0.3 is 9.84 Å². The average Bonchev–Trinajstić information content (AvgIpc) is 2.59. The van der Waals surface area contributed by atoms with Crippen LogP contribution in [-0.2, 0) is 4.74 Å². The van der Waals surface area contributed by atoms with Crippen LogP contribution < -0.4 is 0 Å². The second-order valence-corrected chi connectivity index (χ2v) is 8.84. The number of carbonyl (C=O) groups is 1. The summed E-state index contributed by atoms with van der Waals surface area (Å²) in [6.07, 6.45) is 9.83. The zero-order chi connectivity index (χ0) is 20.3. The van der Waals surface area contributed by atoms with Crippen LogP contribution in [-0.4, -0.2) is 17.2 Å². The van der Waals surface area contributed by atoms with Gasteiger partial charge in [0.1, 0.15) is 17.4 Å². The van der Waals surface area contributed by atoms with Crippen LogP contribution in [0.5, 0.6) is 5.75 Å². The van der Waals surface area contributed by atoms with E-state index in [4.69, 9.17) is 4.74 Å². The van der Waals surface area contributed by atoms with Crippen molar-refractivity contribution in [1.29, 1.82) is 0 Å². The molecule has 1 rings (SSSR count). The molecule has 0 bridgehead atoms. The fraction of sp³-hybridized carbons (Fsp3) is 0.708. The van der Waals surface area contributed by atoms with Gasteiger partial charge in [0.05, 0.1) is 0 Å². The van der Waals surface area contributed by atoms with Crippen LogP contribution in [0.25, 0.3) is 0 Å². The SMILES string of the molecule is CCCCCC(CCC(C)(C)CC(C)CCC)OC(=O)c1ccccc1O. The van der Waals surface area contributed by atoms with Crippen molar-refractivity contribution in [3.63, 3.8) is 0 Å². The number of rotatable bonds is 13. The number of hydrogen-bond acceptors (Lipinski definition) is 3. The fourth-order valence-corrected chi connectivity index (χ4v) is 3.94. The van der Waals surface area contributed by atoms with Crippen LogP contribution in [0.4, 0.5) is 0 Å². The Morgan fingerprint density at radius 1 is 1.07 bits per heavy atom. The first kappa shape index (κ1) is 23.5. The van der Waals surface area contributed by atoms with E-state index < -0.39 is 5.97 Å². The average molecular weight is 377 g/mol. The Morgan fingerprint density at radius 3 is 2.41 bits per heavy atom. The van der Waals surface area contributed by atoms with Gasteiger partial charge in [-0.2, -0.15) is 0 Å². The minimum Gasteiger partial charge on any atom is -0.507 e. The maximum Gasteiger partial charge on any atom is 0.342 e. The maximum atomic E-state index is 12.5. The molecule has 1 aromatic carbocycles. The van der Waals surface area contributed by atoms with Gasteiger partial charge in [-0.15, -0.1) is 0 Å². The Hall–Kier alpha value is -1.51. The van der Waals surface area contributed by atoms with E-state index in [0.29, 0.717) is 0 Å². The molecular formula is C24H40O3. The molecule has 0 heterocycles. The lowest BCUT2D eigenvalue weighted by Gasteiger charge is -2.30. The third kappa shape index (κ3) is 9.30. The van der Waals surface area contributed by atoms with Crippen molar-refractivity contribution in [3.05, 3.63) is 29.8 Å². The number of benzene rings is 1. The molecular weight excluding hydrogens is 336 g/mol. The largest absolute Gasteiger partial charge is 0.507 e. The molecule has 2 unspecified atom stereocenters. The minimum atomic E-state index is -0.410. The van der Waals surface area contributed by atoms with Crippen molar-refractivity contribution in [2.45, 2.75) is 98.5 Å². The predicted octanol–water partition coefficient (Wildman–Crippen LogP) is 7.13. The van der Waals surface area contributed by atoms with Gasteiger partial charge >= 0.3 is 5.97 Å². The van der Waals surface area contributed by atoms with Gasteiger partial charge in [0.25, 0.3) is 0 Å². The second-order valence-electron chi connectivity index (χ2n) is 8.84. The predicted molar refractivity (Wildman–Crippen MR) is 113 cm³/mol. The number of esters is 1. The molecule has 0 amide bonds. The first-order valence-electron chi connectivity index (χ1n) is 10.8. The van der Waals surface area contributed by atoms with E-state index >= 15 is 0 Å². The fourth-order valence-electron chi connectivity index (χ4n) is 3.94. The van der Waals surface area contributed by atoms with Crippen molar-refractivity contribution in [3.8, 4) is 5.75 Å². The molecule has 0 radical (unpaired) electrons. The number of phenolic OH excluding ortho intramolecular Hbond substituents is 1. The van der Waals surface area contributed by atoms with E-state index in [2.05, 4.69) is 34.6 Å². The van der Waals surface area contributed by atoms with Gasteiger partial charge in [0, 0.05) is 0 Å². The van der Waals surface area contributed by atoms with Crippen molar-refractivity contribution in [1.82, 2.24) is 0 Å². The van der Waals surface area contributed by atoms with E-state index in [1.165, 1.54) is 25.3 Å². The molecule has 154 valence electrons. The van der Waals surface area contributed by atoms with Crippen LogP contribution in [0.1, 0.15) is 103 Å². The first-order valence-corrected chi connectivity index (χ1v) is 10.8. The van der Waals surface area contributed by atoms with Gasteiger partial charge in [-0.25, -0.2) is 4.79 Å². The van der Waals surface area contributed by atoms with E-state index in [0.717, 1.165) is 44.4 Å². The summed E-state index contributed by atoms with van der Waals surface area (Å²) in [4.78, 5) is 12.5. The smallest absolute Gasteiger partial charge is 0.342 e. The minimum absolute atomic E-state index is 0.0106. The number of phenols is 1. The Bertz CT molecular complexity index is 550. The van der Waals surface area contributed by atoms with Crippen molar-refractivity contribution in [2.24, 2.45) is 11.3 Å². The quantitative estimate of drug-likeness (QED) is 0.294. The maximum absolute atomic E-state index is 12.5. The highest BCUT2D eigenvalue weighted by Gasteiger charge is 2.25. The molecule has 0 aliphatic heterocycles. The summed E-state index contributed by atoms with van der Waals surface area (Å²) in [5.74, 6) is 0.308. The van der Waals surface area contributed by atoms with E-state index in [9.17, 15) is 9.90 Å². The van der Waals surface area contributed by atoms with E-state index in [1.54, 1.807) is 18.2 Å². The zero-order valence-electron chi connectivity index (χ0n) is 18.1. The number of carbonyl (C=O) groups excluding carboxylic acids is 1. The Labute approximate surface area is 166 Å². The van der Waals surface area contributed by atoms with Crippen LogP contribution in [0.3, 0.4) is 0 Å². The Balaban J connectivity index is 2.67. The van der Waals surface area contributed by atoms with E-state index in [-0.39, 0.29) is 22.8 Å². The molecule has 0 saturated heterocycles. The molecule has 0 saturated carbocycles. The standard InChI is InChI=1S/C24H40O3/c1-6-8-9-13-20(16-17-24(4,5)18-19(3)12-7-2)27-23(26)21-14-10-11-15-22(21)25/h10-11,14-15,19-20,25H,6-9,12-13,16-18H2,1-5H3. The van der Waals surface area contributed by atoms with Gasteiger partial charge in [-0.3, -0.25) is 0 Å². The van der Waals surface area contributed by atoms with Crippen molar-refractivity contribution >= 4 is 5.97 Å². The summed E-state index contributed by atoms with van der Waals surface area (Å²) in [6.45, 7) is 11.4. The topological polar surface area (TPSA) is 46.5 Å². The normalized spacial score (nSPS) is 14.0. The molecule has 27 heavy (non-hydrogen) atoms. The van der Waals surface area contributed by atoms with Crippen LogP contribution in [0, 0.1) is 11.3 Å². The third-order valence-corrected chi connectivity index (χ3v) is 5.35. The molecule has 3 heteroatoms. The summed E-state index contributed by atoms with van der Waals surface area (Å²) >= 11 is 0. The van der Waals surface area contributed by atoms with Crippen LogP contribution in [0.2, 0.25) is 0 Å². The molecule has 1 aromatic rings. The molecule has 0 aromatic heterocycles. The highest BCUT2D eigenvalue weighted by Crippen LogP contribution is 2.34. The molecule has 1 N–H and O–H groups in total. The number of hydrogen-bond donors (Lipinski definition) is 1. The summed E-state index contributed by atoms with van der Waals surface area (Å²) in [6, 6.07) is 6.61. The number of para-hydroxylation sites is 1. The lowest BCUT2D eigenvalue weighted by atomic mass is 9.78. The third-order valence-electron chi connectivity index (χ3n) is 5.35. The van der Waals surface area contributed by atoms with Crippen molar-refractivity contribution in [2.75, 3.05) is 0 Å². The highest BCUT2D eigenvalue weighted by atomic mass is 16.5. The zero-order valence-corrected chi connectivity index (χ0v) is 18.1. The lowest BCUT2D eigenvalue weighted by Crippen LogP contribution is -2.23. The molecule has 0 fully saturated rings. The Kier molecular flexibility index (Phi) is 10.5. The highest BCUT2D eigenvalue weighted by molar-refractivity contribution is 5.92. The van der Waals surface area contributed by atoms with Gasteiger partial charge in [0.2, 0.25) is 0 Å². The summed E-state index contributed by atoms with van der Waals surface area (Å²) in [5, 5.41) is 9.92. The molecule has 3 nitrogen and oxygen atoms in total. The van der Waals surface area contributed by atoms with Gasteiger partial charge in [-0.05, 0) is 55.6 Å². The first-order chi connectivity index (χ1) is 12.8. The number of unbranched alkanes of at least 4 members (excludes halogenated alkanes) is 2. The van der Waals surface area contributed by atoms with Gasteiger partial charge in [0.15, 0.2) is 0 Å². The van der Waals surface area contributed by atoms with Gasteiger partial charge in [-0.1, -0.05) is 72.4 Å². The Morgan fingerprint density at radius 2 is 1.78 bits per heavy atom. The lowest BCUT2D eigenvalue weighted by molar-refractivity contribution is 0.0214.